The van der Waals surface area contributed by atoms with E-state index in [1.807, 2.05) is 4.90 Å². The van der Waals surface area contributed by atoms with Gasteiger partial charge >= 0.3 is 0 Å². The van der Waals surface area contributed by atoms with Gasteiger partial charge in [0.25, 0.3) is 5.91 Å². The number of nitrogens with one attached hydrogen (secondary N) is 1. The van der Waals surface area contributed by atoms with Crippen molar-refractivity contribution < 1.29 is 4.79 Å². The number of pyridine rings is 1. The van der Waals surface area contributed by atoms with Gasteiger partial charge in [-0.2, -0.15) is 0 Å². The number of likely N-dealkylation sites (tertiary alicyclic amines) is 1. The average molecular weight is 336 g/mol. The number of rotatable bonds is 3. The first kappa shape index (κ1) is 15.1. The summed E-state index contributed by atoms with van der Waals surface area (Å²) in [4.78, 5) is 18.4. The van der Waals surface area contributed by atoms with Gasteiger partial charge in [0.15, 0.2) is 0 Å². The van der Waals surface area contributed by atoms with E-state index in [1.54, 1.807) is 36.7 Å². The van der Waals surface area contributed by atoms with Gasteiger partial charge in [-0.25, -0.2) is 0 Å². The van der Waals surface area contributed by atoms with E-state index in [0.29, 0.717) is 21.3 Å². The molecule has 3 rings (SSSR count). The molecular formula is C16H15Cl2N3O. The predicted molar refractivity (Wildman–Crippen MR) is 89.1 cm³/mol. The molecule has 6 heteroatoms. The Morgan fingerprint density at radius 1 is 1.14 bits per heavy atom. The summed E-state index contributed by atoms with van der Waals surface area (Å²) in [5.41, 5.74) is 2.02. The summed E-state index contributed by atoms with van der Waals surface area (Å²) in [5, 5.41) is 4.25. The van der Waals surface area contributed by atoms with E-state index in [0.717, 1.165) is 31.6 Å². The van der Waals surface area contributed by atoms with E-state index < -0.39 is 0 Å². The molecule has 0 spiro atoms. The Hall–Kier alpha value is -1.78. The molecule has 114 valence electrons. The molecule has 0 saturated carbocycles. The van der Waals surface area contributed by atoms with Crippen LogP contribution in [0.3, 0.4) is 0 Å². The molecule has 1 amide bonds. The molecule has 1 aliphatic rings. The number of hydrogen-bond donors (Lipinski definition) is 1. The van der Waals surface area contributed by atoms with E-state index >= 15 is 0 Å². The lowest BCUT2D eigenvalue weighted by Gasteiger charge is -2.15. The normalized spacial score (nSPS) is 14.2. The van der Waals surface area contributed by atoms with Crippen molar-refractivity contribution in [3.8, 4) is 0 Å². The van der Waals surface area contributed by atoms with Crippen LogP contribution in [0.2, 0.25) is 10.0 Å². The Morgan fingerprint density at radius 2 is 1.91 bits per heavy atom. The van der Waals surface area contributed by atoms with E-state index in [4.69, 9.17) is 23.2 Å². The second kappa shape index (κ2) is 6.55. The fourth-order valence-corrected chi connectivity index (χ4v) is 2.93. The lowest BCUT2D eigenvalue weighted by molar-refractivity contribution is 0.0792. The van der Waals surface area contributed by atoms with Gasteiger partial charge in [0.1, 0.15) is 0 Å². The minimum atomic E-state index is 0.0239. The number of benzene rings is 1. The number of hydrogen-bond acceptors (Lipinski definition) is 3. The predicted octanol–water partition coefficient (Wildman–Crippen LogP) is 4.37. The van der Waals surface area contributed by atoms with Crippen molar-refractivity contribution in [1.29, 1.82) is 0 Å². The van der Waals surface area contributed by atoms with Crippen LogP contribution in [0.25, 0.3) is 0 Å². The third-order valence-electron chi connectivity index (χ3n) is 3.59. The largest absolute Gasteiger partial charge is 0.353 e. The van der Waals surface area contributed by atoms with Crippen molar-refractivity contribution in [2.45, 2.75) is 12.8 Å². The smallest absolute Gasteiger partial charge is 0.255 e. The summed E-state index contributed by atoms with van der Waals surface area (Å²) < 4.78 is 0. The van der Waals surface area contributed by atoms with E-state index in [-0.39, 0.29) is 5.91 Å². The van der Waals surface area contributed by atoms with Crippen LogP contribution in [0, 0.1) is 0 Å². The van der Waals surface area contributed by atoms with Crippen molar-refractivity contribution in [3.63, 3.8) is 0 Å². The van der Waals surface area contributed by atoms with Crippen LogP contribution in [0.1, 0.15) is 23.2 Å². The van der Waals surface area contributed by atoms with Crippen LogP contribution in [0.15, 0.2) is 36.7 Å². The highest BCUT2D eigenvalue weighted by Crippen LogP contribution is 2.28. The fraction of sp³-hybridized carbons (Fsp3) is 0.250. The maximum absolute atomic E-state index is 12.4. The molecule has 2 heterocycles. The topological polar surface area (TPSA) is 45.2 Å². The molecule has 1 fully saturated rings. The number of carbonyl (C=O) groups excluding carboxylic acids is 1. The molecule has 1 aromatic carbocycles. The molecule has 1 aromatic heterocycles. The van der Waals surface area contributed by atoms with Gasteiger partial charge in [-0.05, 0) is 37.1 Å². The average Bonchev–Trinajstić information content (AvgIpc) is 3.04. The molecule has 0 radical (unpaired) electrons. The van der Waals surface area contributed by atoms with Crippen LogP contribution in [0.5, 0.6) is 0 Å². The highest BCUT2D eigenvalue weighted by Gasteiger charge is 2.19. The molecule has 4 nitrogen and oxygen atoms in total. The van der Waals surface area contributed by atoms with Gasteiger partial charge < -0.3 is 10.2 Å². The molecule has 0 aliphatic carbocycles. The molecule has 22 heavy (non-hydrogen) atoms. The zero-order valence-corrected chi connectivity index (χ0v) is 13.4. The number of aromatic nitrogens is 1. The first-order chi connectivity index (χ1) is 10.6. The van der Waals surface area contributed by atoms with Gasteiger partial charge in [-0.15, -0.1) is 0 Å². The van der Waals surface area contributed by atoms with Crippen molar-refractivity contribution in [2.75, 3.05) is 18.4 Å². The molecule has 0 bridgehead atoms. The second-order valence-electron chi connectivity index (χ2n) is 5.21. The lowest BCUT2D eigenvalue weighted by Crippen LogP contribution is -2.27. The zero-order valence-electron chi connectivity index (χ0n) is 11.9. The molecule has 2 aromatic rings. The molecule has 0 atom stereocenters. The first-order valence-electron chi connectivity index (χ1n) is 7.10. The van der Waals surface area contributed by atoms with E-state index in [2.05, 4.69) is 10.3 Å². The Kier molecular flexibility index (Phi) is 4.50. The third-order valence-corrected chi connectivity index (χ3v) is 4.14. The highest BCUT2D eigenvalue weighted by molar-refractivity contribution is 6.36. The maximum Gasteiger partial charge on any atom is 0.255 e. The SMILES string of the molecule is O=C(c1cncc(Nc2ccc(Cl)cc2Cl)c1)N1CCCC1. The van der Waals surface area contributed by atoms with Crippen molar-refractivity contribution >= 4 is 40.5 Å². The van der Waals surface area contributed by atoms with Crippen LogP contribution in [-0.2, 0) is 0 Å². The minimum Gasteiger partial charge on any atom is -0.353 e. The monoisotopic (exact) mass is 335 g/mol. The van der Waals surface area contributed by atoms with Gasteiger partial charge in [-0.1, -0.05) is 23.2 Å². The third kappa shape index (κ3) is 3.34. The lowest BCUT2D eigenvalue weighted by atomic mass is 10.2. The number of amides is 1. The van der Waals surface area contributed by atoms with Crippen LogP contribution in [0.4, 0.5) is 11.4 Å². The Morgan fingerprint density at radius 3 is 2.64 bits per heavy atom. The Labute approximate surface area is 139 Å². The fourth-order valence-electron chi connectivity index (χ4n) is 2.47. The summed E-state index contributed by atoms with van der Waals surface area (Å²) in [7, 11) is 0. The summed E-state index contributed by atoms with van der Waals surface area (Å²) in [6.45, 7) is 1.64. The highest BCUT2D eigenvalue weighted by atomic mass is 35.5. The summed E-state index contributed by atoms with van der Waals surface area (Å²) in [6, 6.07) is 7.00. The summed E-state index contributed by atoms with van der Waals surface area (Å²) >= 11 is 12.0. The van der Waals surface area contributed by atoms with Crippen molar-refractivity contribution in [3.05, 3.63) is 52.3 Å². The first-order valence-corrected chi connectivity index (χ1v) is 7.85. The molecule has 1 N–H and O–H groups in total. The number of carbonyl (C=O) groups is 1. The Bertz CT molecular complexity index is 700. The summed E-state index contributed by atoms with van der Waals surface area (Å²) in [6.07, 6.45) is 5.38. The van der Waals surface area contributed by atoms with Gasteiger partial charge in [0, 0.05) is 24.3 Å². The number of anilines is 2. The standard InChI is InChI=1S/C16H15Cl2N3O/c17-12-3-4-15(14(18)8-12)20-13-7-11(9-19-10-13)16(22)21-5-1-2-6-21/h3-4,7-10,20H,1-2,5-6H2. The van der Waals surface area contributed by atoms with Crippen LogP contribution in [-0.4, -0.2) is 28.9 Å². The van der Waals surface area contributed by atoms with Crippen LogP contribution >= 0.6 is 23.2 Å². The minimum absolute atomic E-state index is 0.0239. The summed E-state index contributed by atoms with van der Waals surface area (Å²) in [5.74, 6) is 0.0239. The Balaban J connectivity index is 1.80. The zero-order chi connectivity index (χ0) is 15.5. The van der Waals surface area contributed by atoms with Gasteiger partial charge in [0.2, 0.25) is 0 Å². The van der Waals surface area contributed by atoms with Gasteiger partial charge in [-0.3, -0.25) is 9.78 Å². The molecule has 1 aliphatic heterocycles. The molecule has 0 unspecified atom stereocenters. The molecule has 1 saturated heterocycles. The van der Waals surface area contributed by atoms with Crippen molar-refractivity contribution in [2.24, 2.45) is 0 Å². The van der Waals surface area contributed by atoms with Crippen molar-refractivity contribution in [1.82, 2.24) is 9.88 Å². The second-order valence-corrected chi connectivity index (χ2v) is 6.05. The number of nitrogens with zero attached hydrogens (tertiary/aromatic N) is 2. The van der Waals surface area contributed by atoms with Gasteiger partial charge in [0.05, 0.1) is 28.2 Å². The van der Waals surface area contributed by atoms with E-state index in [9.17, 15) is 4.79 Å². The van der Waals surface area contributed by atoms with E-state index in [1.165, 1.54) is 0 Å². The maximum atomic E-state index is 12.4. The number of halogens is 2. The van der Waals surface area contributed by atoms with Crippen LogP contribution < -0.4 is 5.32 Å². The molecular weight excluding hydrogens is 321 g/mol. The quantitative estimate of drug-likeness (QED) is 0.905.